The summed E-state index contributed by atoms with van der Waals surface area (Å²) in [5, 5.41) is 14.5. The molecule has 0 bridgehead atoms. The number of carboxylic acid groups (broad SMARTS) is 1. The van der Waals surface area contributed by atoms with Crippen molar-refractivity contribution in [2.45, 2.75) is 17.7 Å². The predicted octanol–water partition coefficient (Wildman–Crippen LogP) is 1.89. The third-order valence-electron chi connectivity index (χ3n) is 3.48. The average Bonchev–Trinajstić information content (AvgIpc) is 2.53. The maximum atomic E-state index is 12.0. The van der Waals surface area contributed by atoms with Crippen molar-refractivity contribution in [3.63, 3.8) is 0 Å². The van der Waals surface area contributed by atoms with Gasteiger partial charge in [-0.2, -0.15) is 0 Å². The summed E-state index contributed by atoms with van der Waals surface area (Å²) in [6.45, 7) is 1.92. The number of hydrogen-bond donors (Lipinski definition) is 3. The molecule has 0 spiro atoms. The Morgan fingerprint density at radius 1 is 1.25 bits per heavy atom. The first kappa shape index (κ1) is 17.9. The Labute approximate surface area is 139 Å². The van der Waals surface area contributed by atoms with Crippen molar-refractivity contribution >= 4 is 16.0 Å². The van der Waals surface area contributed by atoms with E-state index in [0.29, 0.717) is 11.3 Å². The number of sulfonamides is 1. The van der Waals surface area contributed by atoms with E-state index in [1.807, 2.05) is 0 Å². The van der Waals surface area contributed by atoms with E-state index in [1.165, 1.54) is 6.07 Å². The van der Waals surface area contributed by atoms with Crippen molar-refractivity contribution in [3.05, 3.63) is 53.6 Å². The smallest absolute Gasteiger partial charge is 0.335 e. The first-order valence-electron chi connectivity index (χ1n) is 7.11. The van der Waals surface area contributed by atoms with Crippen LogP contribution in [-0.2, 0) is 10.0 Å². The Morgan fingerprint density at radius 3 is 2.38 bits per heavy atom. The molecule has 0 saturated carbocycles. The zero-order valence-electron chi connectivity index (χ0n) is 13.0. The quantitative estimate of drug-likeness (QED) is 0.728. The standard InChI is InChI=1S/C16H18N2O5S/c1-10(9-17)13-7-11(16(19)20)8-14(24(18,21)22)15(13)23-12-5-3-2-4-6-12/h2-8,10H,9,17H2,1H3,(H,19,20)(H2,18,21,22). The lowest BCUT2D eigenvalue weighted by Crippen LogP contribution is -2.18. The Balaban J connectivity index is 2.74. The summed E-state index contributed by atoms with van der Waals surface area (Å²) >= 11 is 0. The monoisotopic (exact) mass is 350 g/mol. The molecule has 24 heavy (non-hydrogen) atoms. The molecule has 0 aromatic heterocycles. The summed E-state index contributed by atoms with van der Waals surface area (Å²) < 4.78 is 29.6. The molecule has 8 heteroatoms. The summed E-state index contributed by atoms with van der Waals surface area (Å²) in [6, 6.07) is 10.9. The van der Waals surface area contributed by atoms with E-state index in [9.17, 15) is 18.3 Å². The van der Waals surface area contributed by atoms with E-state index in [2.05, 4.69) is 0 Å². The van der Waals surface area contributed by atoms with E-state index in [4.69, 9.17) is 15.6 Å². The van der Waals surface area contributed by atoms with Gasteiger partial charge in [0.25, 0.3) is 0 Å². The van der Waals surface area contributed by atoms with Crippen LogP contribution in [0.5, 0.6) is 11.5 Å². The summed E-state index contributed by atoms with van der Waals surface area (Å²) in [4.78, 5) is 10.9. The lowest BCUT2D eigenvalue weighted by Gasteiger charge is -2.19. The molecule has 0 aliphatic carbocycles. The lowest BCUT2D eigenvalue weighted by atomic mass is 9.97. The van der Waals surface area contributed by atoms with Crippen LogP contribution in [0.2, 0.25) is 0 Å². The van der Waals surface area contributed by atoms with Gasteiger partial charge in [0.2, 0.25) is 10.0 Å². The highest BCUT2D eigenvalue weighted by Gasteiger charge is 2.25. The van der Waals surface area contributed by atoms with Crippen LogP contribution < -0.4 is 15.6 Å². The van der Waals surface area contributed by atoms with Crippen LogP contribution in [0.3, 0.4) is 0 Å². The van der Waals surface area contributed by atoms with E-state index >= 15 is 0 Å². The third-order valence-corrected chi connectivity index (χ3v) is 4.40. The van der Waals surface area contributed by atoms with Crippen molar-refractivity contribution < 1.29 is 23.1 Å². The van der Waals surface area contributed by atoms with Gasteiger partial charge in [-0.05, 0) is 36.7 Å². The number of para-hydroxylation sites is 1. The molecule has 1 unspecified atom stereocenters. The average molecular weight is 350 g/mol. The van der Waals surface area contributed by atoms with Gasteiger partial charge in [-0.1, -0.05) is 25.1 Å². The third kappa shape index (κ3) is 3.91. The first-order chi connectivity index (χ1) is 11.2. The summed E-state index contributed by atoms with van der Waals surface area (Å²) in [5.41, 5.74) is 5.83. The molecule has 2 aromatic carbocycles. The number of aromatic carboxylic acids is 1. The molecule has 0 fully saturated rings. The van der Waals surface area contributed by atoms with Crippen molar-refractivity contribution in [2.24, 2.45) is 10.9 Å². The minimum Gasteiger partial charge on any atom is -0.478 e. The van der Waals surface area contributed by atoms with Gasteiger partial charge < -0.3 is 15.6 Å². The summed E-state index contributed by atoms with van der Waals surface area (Å²) in [6.07, 6.45) is 0. The Morgan fingerprint density at radius 2 is 1.88 bits per heavy atom. The van der Waals surface area contributed by atoms with Crippen molar-refractivity contribution in [1.82, 2.24) is 0 Å². The Hall–Kier alpha value is -2.42. The largest absolute Gasteiger partial charge is 0.478 e. The van der Waals surface area contributed by atoms with Crippen molar-refractivity contribution in [1.29, 1.82) is 0 Å². The molecule has 0 radical (unpaired) electrons. The maximum absolute atomic E-state index is 12.0. The highest BCUT2D eigenvalue weighted by molar-refractivity contribution is 7.89. The van der Waals surface area contributed by atoms with Gasteiger partial charge in [0, 0.05) is 5.56 Å². The molecule has 2 rings (SSSR count). The van der Waals surface area contributed by atoms with E-state index < -0.39 is 16.0 Å². The highest BCUT2D eigenvalue weighted by Crippen LogP contribution is 2.37. The normalized spacial score (nSPS) is 12.6. The molecule has 128 valence electrons. The molecular formula is C16H18N2O5S. The molecular weight excluding hydrogens is 332 g/mol. The Kier molecular flexibility index (Phi) is 5.23. The van der Waals surface area contributed by atoms with E-state index in [1.54, 1.807) is 37.3 Å². The summed E-state index contributed by atoms with van der Waals surface area (Å²) in [7, 11) is -4.20. The molecule has 0 aliphatic heterocycles. The second-order valence-corrected chi connectivity index (χ2v) is 6.82. The Bertz CT molecular complexity index is 850. The van der Waals surface area contributed by atoms with Gasteiger partial charge in [-0.15, -0.1) is 0 Å². The van der Waals surface area contributed by atoms with Gasteiger partial charge in [-0.25, -0.2) is 18.4 Å². The van der Waals surface area contributed by atoms with Crippen LogP contribution >= 0.6 is 0 Å². The van der Waals surface area contributed by atoms with Gasteiger partial charge >= 0.3 is 5.97 Å². The molecule has 2 aromatic rings. The van der Waals surface area contributed by atoms with E-state index in [0.717, 1.165) is 6.07 Å². The zero-order valence-corrected chi connectivity index (χ0v) is 13.8. The fraction of sp³-hybridized carbons (Fsp3) is 0.188. The first-order valence-corrected chi connectivity index (χ1v) is 8.65. The predicted molar refractivity (Wildman–Crippen MR) is 88.8 cm³/mol. The minimum absolute atomic E-state index is 0.00773. The second kappa shape index (κ2) is 7.00. The van der Waals surface area contributed by atoms with Gasteiger partial charge in [0.05, 0.1) is 5.56 Å². The van der Waals surface area contributed by atoms with Crippen LogP contribution in [0.15, 0.2) is 47.4 Å². The molecule has 0 aliphatic rings. The maximum Gasteiger partial charge on any atom is 0.335 e. The van der Waals surface area contributed by atoms with Crippen LogP contribution in [0.25, 0.3) is 0 Å². The highest BCUT2D eigenvalue weighted by atomic mass is 32.2. The van der Waals surface area contributed by atoms with Crippen LogP contribution in [-0.4, -0.2) is 26.0 Å². The molecule has 7 nitrogen and oxygen atoms in total. The van der Waals surface area contributed by atoms with Crippen molar-refractivity contribution in [2.75, 3.05) is 6.54 Å². The number of carbonyl (C=O) groups is 1. The molecule has 0 heterocycles. The SMILES string of the molecule is CC(CN)c1cc(C(=O)O)cc(S(N)(=O)=O)c1Oc1ccccc1. The topological polar surface area (TPSA) is 133 Å². The van der Waals surface area contributed by atoms with Gasteiger partial charge in [0.15, 0.2) is 5.75 Å². The number of ether oxygens (including phenoxy) is 1. The second-order valence-electron chi connectivity index (χ2n) is 5.29. The minimum atomic E-state index is -4.20. The molecule has 1 atom stereocenters. The van der Waals surface area contributed by atoms with E-state index in [-0.39, 0.29) is 28.7 Å². The van der Waals surface area contributed by atoms with Crippen molar-refractivity contribution in [3.8, 4) is 11.5 Å². The number of hydrogen-bond acceptors (Lipinski definition) is 5. The number of nitrogens with two attached hydrogens (primary N) is 2. The van der Waals surface area contributed by atoms with Gasteiger partial charge in [-0.3, -0.25) is 0 Å². The lowest BCUT2D eigenvalue weighted by molar-refractivity contribution is 0.0696. The number of rotatable bonds is 6. The van der Waals surface area contributed by atoms with Gasteiger partial charge in [0.1, 0.15) is 10.6 Å². The number of benzene rings is 2. The summed E-state index contributed by atoms with van der Waals surface area (Å²) in [5.74, 6) is -1.21. The van der Waals surface area contributed by atoms with Crippen LogP contribution in [0.4, 0.5) is 0 Å². The van der Waals surface area contributed by atoms with Crippen LogP contribution in [0.1, 0.15) is 28.8 Å². The number of carboxylic acids is 1. The fourth-order valence-corrected chi connectivity index (χ4v) is 2.88. The van der Waals surface area contributed by atoms with Crippen LogP contribution in [0, 0.1) is 0 Å². The fourth-order valence-electron chi connectivity index (χ4n) is 2.17. The molecule has 0 amide bonds. The zero-order chi connectivity index (χ0) is 17.9. The molecule has 5 N–H and O–H groups in total. The number of primary sulfonamides is 1. The molecule has 0 saturated heterocycles.